The molecule has 1 N–H and O–H groups in total. The molecule has 0 saturated carbocycles. The fourth-order valence-electron chi connectivity index (χ4n) is 2.52. The second-order valence-electron chi connectivity index (χ2n) is 4.57. The highest BCUT2D eigenvalue weighted by Gasteiger charge is 2.25. The quantitative estimate of drug-likeness (QED) is 0.666. The molecule has 0 saturated heterocycles. The lowest BCUT2D eigenvalue weighted by Crippen LogP contribution is -2.24. The van der Waals surface area contributed by atoms with Crippen molar-refractivity contribution in [1.29, 1.82) is 0 Å². The fourth-order valence-corrected chi connectivity index (χ4v) is 2.52. The first-order chi connectivity index (χ1) is 9.40. The highest BCUT2D eigenvalue weighted by Crippen LogP contribution is 2.43. The summed E-state index contributed by atoms with van der Waals surface area (Å²) in [5.74, 6) is 4.78. The van der Waals surface area contributed by atoms with Crippen LogP contribution in [0.15, 0.2) is 48.5 Å². The van der Waals surface area contributed by atoms with E-state index in [4.69, 9.17) is 11.2 Å². The minimum absolute atomic E-state index is 0.287. The zero-order valence-electron chi connectivity index (χ0n) is 10.6. The summed E-state index contributed by atoms with van der Waals surface area (Å²) in [6.45, 7) is 1.41. The van der Waals surface area contributed by atoms with E-state index in [2.05, 4.69) is 23.4 Å². The van der Waals surface area contributed by atoms with Crippen molar-refractivity contribution < 1.29 is 4.74 Å². The van der Waals surface area contributed by atoms with Crippen LogP contribution < -0.4 is 10.1 Å². The number of para-hydroxylation sites is 2. The predicted molar refractivity (Wildman–Crippen MR) is 76.5 cm³/mol. The van der Waals surface area contributed by atoms with Gasteiger partial charge >= 0.3 is 0 Å². The van der Waals surface area contributed by atoms with Gasteiger partial charge in [-0.2, -0.15) is 0 Å². The molecule has 0 radical (unpaired) electrons. The van der Waals surface area contributed by atoms with Crippen LogP contribution in [0.4, 0.5) is 0 Å². The van der Waals surface area contributed by atoms with Crippen molar-refractivity contribution >= 4 is 0 Å². The van der Waals surface area contributed by atoms with Crippen LogP contribution in [0, 0.1) is 12.3 Å². The standard InChI is InChI=1S/C17H15NO/c1-2-11-18-12-15-13-7-3-5-9-16(13)19-17-10-6-4-8-14(15)17/h1,3-10,15,18H,11-12H2. The van der Waals surface area contributed by atoms with Gasteiger partial charge in [0.2, 0.25) is 0 Å². The van der Waals surface area contributed by atoms with E-state index >= 15 is 0 Å². The molecule has 2 nitrogen and oxygen atoms in total. The molecule has 0 bridgehead atoms. The summed E-state index contributed by atoms with van der Waals surface area (Å²) in [6.07, 6.45) is 5.30. The lowest BCUT2D eigenvalue weighted by Gasteiger charge is -2.28. The first kappa shape index (κ1) is 11.8. The molecular formula is C17H15NO. The van der Waals surface area contributed by atoms with Gasteiger partial charge in [0.15, 0.2) is 0 Å². The van der Waals surface area contributed by atoms with E-state index in [1.807, 2.05) is 36.4 Å². The summed E-state index contributed by atoms with van der Waals surface area (Å²) in [4.78, 5) is 0. The predicted octanol–water partition coefficient (Wildman–Crippen LogP) is 3.15. The highest BCUT2D eigenvalue weighted by atomic mass is 16.5. The largest absolute Gasteiger partial charge is 0.457 e. The van der Waals surface area contributed by atoms with Gasteiger partial charge < -0.3 is 10.1 Å². The molecule has 0 aliphatic carbocycles. The van der Waals surface area contributed by atoms with E-state index in [0.717, 1.165) is 18.0 Å². The number of hydrogen-bond donors (Lipinski definition) is 1. The van der Waals surface area contributed by atoms with E-state index in [9.17, 15) is 0 Å². The van der Waals surface area contributed by atoms with Gasteiger partial charge in [-0.1, -0.05) is 42.3 Å². The third-order valence-electron chi connectivity index (χ3n) is 3.38. The number of terminal acetylenes is 1. The van der Waals surface area contributed by atoms with Crippen molar-refractivity contribution in [1.82, 2.24) is 5.32 Å². The van der Waals surface area contributed by atoms with Crippen LogP contribution in [0.1, 0.15) is 17.0 Å². The van der Waals surface area contributed by atoms with E-state index in [0.29, 0.717) is 6.54 Å². The Labute approximate surface area is 113 Å². The maximum absolute atomic E-state index is 5.95. The highest BCUT2D eigenvalue weighted by molar-refractivity contribution is 5.53. The van der Waals surface area contributed by atoms with Crippen LogP contribution in [0.2, 0.25) is 0 Å². The number of hydrogen-bond acceptors (Lipinski definition) is 2. The van der Waals surface area contributed by atoms with Gasteiger partial charge in [-0.05, 0) is 12.1 Å². The second kappa shape index (κ2) is 5.17. The zero-order valence-corrected chi connectivity index (χ0v) is 10.6. The summed E-state index contributed by atoms with van der Waals surface area (Å²) in [7, 11) is 0. The lowest BCUT2D eigenvalue weighted by atomic mass is 9.88. The molecular weight excluding hydrogens is 234 g/mol. The smallest absolute Gasteiger partial charge is 0.131 e. The minimum Gasteiger partial charge on any atom is -0.457 e. The molecule has 19 heavy (non-hydrogen) atoms. The Kier molecular flexibility index (Phi) is 3.22. The monoisotopic (exact) mass is 249 g/mol. The maximum Gasteiger partial charge on any atom is 0.131 e. The van der Waals surface area contributed by atoms with Gasteiger partial charge in [0.05, 0.1) is 6.54 Å². The zero-order chi connectivity index (χ0) is 13.1. The van der Waals surface area contributed by atoms with E-state index in [1.165, 1.54) is 11.1 Å². The summed E-state index contributed by atoms with van der Waals surface area (Å²) in [6, 6.07) is 16.4. The molecule has 0 fully saturated rings. The van der Waals surface area contributed by atoms with Crippen LogP contribution >= 0.6 is 0 Å². The molecule has 0 amide bonds. The normalized spacial score (nSPS) is 13.0. The Balaban J connectivity index is 1.99. The summed E-state index contributed by atoms with van der Waals surface area (Å²) < 4.78 is 5.95. The topological polar surface area (TPSA) is 21.3 Å². The van der Waals surface area contributed by atoms with Crippen molar-refractivity contribution in [2.24, 2.45) is 0 Å². The van der Waals surface area contributed by atoms with Gasteiger partial charge in [0, 0.05) is 23.6 Å². The Morgan fingerprint density at radius 1 is 1.00 bits per heavy atom. The van der Waals surface area contributed by atoms with Crippen molar-refractivity contribution in [3.8, 4) is 23.8 Å². The second-order valence-corrected chi connectivity index (χ2v) is 4.57. The summed E-state index contributed by atoms with van der Waals surface area (Å²) in [5.41, 5.74) is 2.43. The molecule has 1 heterocycles. The molecule has 0 aromatic heterocycles. The van der Waals surface area contributed by atoms with Crippen molar-refractivity contribution in [3.63, 3.8) is 0 Å². The van der Waals surface area contributed by atoms with Gasteiger partial charge in [-0.15, -0.1) is 6.42 Å². The Morgan fingerprint density at radius 2 is 1.58 bits per heavy atom. The first-order valence-corrected chi connectivity index (χ1v) is 6.40. The number of ether oxygens (including phenoxy) is 1. The van der Waals surface area contributed by atoms with Gasteiger partial charge in [0.25, 0.3) is 0 Å². The Morgan fingerprint density at radius 3 is 2.16 bits per heavy atom. The molecule has 0 spiro atoms. The maximum atomic E-state index is 5.95. The average molecular weight is 249 g/mol. The average Bonchev–Trinajstić information content (AvgIpc) is 2.46. The molecule has 1 aliphatic rings. The van der Waals surface area contributed by atoms with Crippen LogP contribution in [0.5, 0.6) is 11.5 Å². The Hall–Kier alpha value is -2.24. The SMILES string of the molecule is C#CCNCC1c2ccccc2Oc2ccccc21. The fraction of sp³-hybridized carbons (Fsp3) is 0.176. The van der Waals surface area contributed by atoms with E-state index in [1.54, 1.807) is 0 Å². The van der Waals surface area contributed by atoms with Gasteiger partial charge in [-0.25, -0.2) is 0 Å². The molecule has 0 unspecified atom stereocenters. The lowest BCUT2D eigenvalue weighted by molar-refractivity contribution is 0.442. The molecule has 2 heteroatoms. The molecule has 3 rings (SSSR count). The van der Waals surface area contributed by atoms with Crippen LogP contribution in [-0.2, 0) is 0 Å². The number of nitrogens with one attached hydrogen (secondary N) is 1. The summed E-state index contributed by atoms with van der Waals surface area (Å²) >= 11 is 0. The van der Waals surface area contributed by atoms with Crippen molar-refractivity contribution in [2.45, 2.75) is 5.92 Å². The van der Waals surface area contributed by atoms with Gasteiger partial charge in [-0.3, -0.25) is 0 Å². The van der Waals surface area contributed by atoms with Crippen molar-refractivity contribution in [2.75, 3.05) is 13.1 Å². The van der Waals surface area contributed by atoms with Crippen molar-refractivity contribution in [3.05, 3.63) is 59.7 Å². The number of benzene rings is 2. The molecule has 0 atom stereocenters. The Bertz CT molecular complexity index is 582. The third-order valence-corrected chi connectivity index (χ3v) is 3.38. The summed E-state index contributed by atoms with van der Waals surface area (Å²) in [5, 5.41) is 3.29. The molecule has 94 valence electrons. The molecule has 2 aromatic carbocycles. The van der Waals surface area contributed by atoms with Crippen LogP contribution in [-0.4, -0.2) is 13.1 Å². The van der Waals surface area contributed by atoms with Crippen LogP contribution in [0.25, 0.3) is 0 Å². The third kappa shape index (κ3) is 2.21. The van der Waals surface area contributed by atoms with E-state index in [-0.39, 0.29) is 5.92 Å². The number of fused-ring (bicyclic) bond motifs is 2. The van der Waals surface area contributed by atoms with Crippen LogP contribution in [0.3, 0.4) is 0 Å². The van der Waals surface area contributed by atoms with E-state index < -0.39 is 0 Å². The molecule has 1 aliphatic heterocycles. The first-order valence-electron chi connectivity index (χ1n) is 6.40. The molecule has 2 aromatic rings. The minimum atomic E-state index is 0.287. The number of rotatable bonds is 3. The van der Waals surface area contributed by atoms with Gasteiger partial charge in [0.1, 0.15) is 11.5 Å².